The quantitative estimate of drug-likeness (QED) is 0.731. The Hall–Kier alpha value is -0.570. The van der Waals surface area contributed by atoms with Crippen molar-refractivity contribution in [2.45, 2.75) is 45.6 Å². The fourth-order valence-electron chi connectivity index (χ4n) is 2.64. The molecule has 0 spiro atoms. The van der Waals surface area contributed by atoms with Crippen LogP contribution in [0.3, 0.4) is 0 Å². The van der Waals surface area contributed by atoms with E-state index in [4.69, 9.17) is 4.74 Å². The Morgan fingerprint density at radius 3 is 2.40 bits per heavy atom. The van der Waals surface area contributed by atoms with E-state index in [-0.39, 0.29) is 11.8 Å². The Morgan fingerprint density at radius 1 is 1.47 bits per heavy atom. The van der Waals surface area contributed by atoms with Gasteiger partial charge in [-0.2, -0.15) is 0 Å². The van der Waals surface area contributed by atoms with Crippen LogP contribution in [0.15, 0.2) is 0 Å². The Bertz CT molecular complexity index is 237. The first-order valence-electron chi connectivity index (χ1n) is 5.73. The van der Waals surface area contributed by atoms with Gasteiger partial charge < -0.3 is 9.84 Å². The normalized spacial score (nSPS) is 30.3. The largest absolute Gasteiger partial charge is 0.467 e. The van der Waals surface area contributed by atoms with Gasteiger partial charge in [0.1, 0.15) is 0 Å². The maximum Gasteiger partial charge on any atom is 0.338 e. The van der Waals surface area contributed by atoms with Gasteiger partial charge in [-0.1, -0.05) is 27.2 Å². The van der Waals surface area contributed by atoms with Crippen molar-refractivity contribution in [2.75, 3.05) is 7.11 Å². The van der Waals surface area contributed by atoms with Crippen molar-refractivity contribution in [1.82, 2.24) is 0 Å². The molecule has 3 unspecified atom stereocenters. The second-order valence-corrected chi connectivity index (χ2v) is 5.09. The Balaban J connectivity index is 2.86. The summed E-state index contributed by atoms with van der Waals surface area (Å²) in [5.41, 5.74) is -1.29. The van der Waals surface area contributed by atoms with Gasteiger partial charge in [-0.3, -0.25) is 0 Å². The molecule has 15 heavy (non-hydrogen) atoms. The lowest BCUT2D eigenvalue weighted by molar-refractivity contribution is -0.175. The monoisotopic (exact) mass is 214 g/mol. The third-order valence-electron chi connectivity index (χ3n) is 3.71. The molecule has 3 heteroatoms. The van der Waals surface area contributed by atoms with Crippen LogP contribution >= 0.6 is 0 Å². The first-order chi connectivity index (χ1) is 6.92. The molecule has 0 aliphatic heterocycles. The molecule has 3 nitrogen and oxygen atoms in total. The Morgan fingerprint density at radius 2 is 2.07 bits per heavy atom. The first kappa shape index (κ1) is 12.5. The number of methoxy groups -OCH3 is 1. The predicted octanol–water partition coefficient (Wildman–Crippen LogP) is 1.98. The van der Waals surface area contributed by atoms with Crippen LogP contribution < -0.4 is 0 Å². The molecule has 1 fully saturated rings. The lowest BCUT2D eigenvalue weighted by Crippen LogP contribution is -2.50. The van der Waals surface area contributed by atoms with Crippen molar-refractivity contribution in [3.63, 3.8) is 0 Å². The maximum absolute atomic E-state index is 11.7. The van der Waals surface area contributed by atoms with E-state index in [1.165, 1.54) is 7.11 Å². The minimum absolute atomic E-state index is 0.0555. The lowest BCUT2D eigenvalue weighted by Gasteiger charge is -2.34. The minimum Gasteiger partial charge on any atom is -0.467 e. The second-order valence-electron chi connectivity index (χ2n) is 5.09. The molecule has 0 bridgehead atoms. The zero-order valence-corrected chi connectivity index (χ0v) is 10.1. The summed E-state index contributed by atoms with van der Waals surface area (Å²) in [6.07, 6.45) is 2.94. The van der Waals surface area contributed by atoms with Gasteiger partial charge in [0.25, 0.3) is 0 Å². The van der Waals surface area contributed by atoms with Crippen LogP contribution in [0.1, 0.15) is 40.0 Å². The van der Waals surface area contributed by atoms with E-state index in [2.05, 4.69) is 6.92 Å². The molecule has 0 heterocycles. The highest BCUT2D eigenvalue weighted by Crippen LogP contribution is 2.41. The predicted molar refractivity (Wildman–Crippen MR) is 58.3 cm³/mol. The summed E-state index contributed by atoms with van der Waals surface area (Å²) in [7, 11) is 1.34. The van der Waals surface area contributed by atoms with Crippen LogP contribution in [0.2, 0.25) is 0 Å². The summed E-state index contributed by atoms with van der Waals surface area (Å²) in [6.45, 7) is 5.91. The molecule has 1 rings (SSSR count). The van der Waals surface area contributed by atoms with Gasteiger partial charge in [0.2, 0.25) is 0 Å². The van der Waals surface area contributed by atoms with Crippen LogP contribution in [-0.4, -0.2) is 23.8 Å². The van der Waals surface area contributed by atoms with Crippen molar-refractivity contribution >= 4 is 5.97 Å². The average Bonchev–Trinajstić information content (AvgIpc) is 2.62. The van der Waals surface area contributed by atoms with Crippen LogP contribution in [0.5, 0.6) is 0 Å². The molecule has 1 aliphatic rings. The van der Waals surface area contributed by atoms with E-state index in [0.29, 0.717) is 5.92 Å². The Kier molecular flexibility index (Phi) is 3.77. The van der Waals surface area contributed by atoms with Gasteiger partial charge in [0.05, 0.1) is 7.11 Å². The third-order valence-corrected chi connectivity index (χ3v) is 3.71. The van der Waals surface area contributed by atoms with Gasteiger partial charge in [-0.05, 0) is 30.6 Å². The Labute approximate surface area is 91.8 Å². The molecular formula is C12H22O3. The molecule has 1 saturated carbocycles. The maximum atomic E-state index is 11.7. The van der Waals surface area contributed by atoms with Gasteiger partial charge in [-0.15, -0.1) is 0 Å². The standard InChI is InChI=1S/C12H22O3/c1-8(2)12(14,11(13)15-4)10-6-5-9(3)7-10/h8-10,14H,5-7H2,1-4H3. The van der Waals surface area contributed by atoms with E-state index < -0.39 is 11.6 Å². The van der Waals surface area contributed by atoms with Gasteiger partial charge in [0.15, 0.2) is 5.60 Å². The number of carbonyl (C=O) groups excluding carboxylic acids is 1. The van der Waals surface area contributed by atoms with Crippen molar-refractivity contribution in [2.24, 2.45) is 17.8 Å². The number of carbonyl (C=O) groups is 1. The molecule has 0 aromatic rings. The summed E-state index contributed by atoms with van der Waals surface area (Å²) in [4.78, 5) is 11.7. The molecule has 1 aliphatic carbocycles. The number of rotatable bonds is 3. The highest BCUT2D eigenvalue weighted by molar-refractivity contribution is 5.80. The van der Waals surface area contributed by atoms with E-state index in [1.54, 1.807) is 0 Å². The highest BCUT2D eigenvalue weighted by atomic mass is 16.5. The molecule has 0 amide bonds. The number of hydrogen-bond donors (Lipinski definition) is 1. The molecular weight excluding hydrogens is 192 g/mol. The van der Waals surface area contributed by atoms with Crippen molar-refractivity contribution in [3.05, 3.63) is 0 Å². The number of aliphatic hydroxyl groups is 1. The zero-order valence-electron chi connectivity index (χ0n) is 10.1. The smallest absolute Gasteiger partial charge is 0.338 e. The number of hydrogen-bond acceptors (Lipinski definition) is 3. The fraction of sp³-hybridized carbons (Fsp3) is 0.917. The zero-order chi connectivity index (χ0) is 11.6. The molecule has 3 atom stereocenters. The third kappa shape index (κ3) is 2.17. The minimum atomic E-state index is -1.29. The van der Waals surface area contributed by atoms with Gasteiger partial charge in [0, 0.05) is 0 Å². The van der Waals surface area contributed by atoms with Crippen molar-refractivity contribution in [1.29, 1.82) is 0 Å². The van der Waals surface area contributed by atoms with Crippen LogP contribution in [0.25, 0.3) is 0 Å². The topological polar surface area (TPSA) is 46.5 Å². The first-order valence-corrected chi connectivity index (χ1v) is 5.73. The van der Waals surface area contributed by atoms with E-state index in [0.717, 1.165) is 19.3 Å². The van der Waals surface area contributed by atoms with Crippen LogP contribution in [0.4, 0.5) is 0 Å². The van der Waals surface area contributed by atoms with E-state index in [1.807, 2.05) is 13.8 Å². The summed E-state index contributed by atoms with van der Waals surface area (Å²) in [5.74, 6) is 0.0849. The number of esters is 1. The molecule has 1 N–H and O–H groups in total. The van der Waals surface area contributed by atoms with Gasteiger partial charge >= 0.3 is 5.97 Å². The van der Waals surface area contributed by atoms with E-state index in [9.17, 15) is 9.90 Å². The summed E-state index contributed by atoms with van der Waals surface area (Å²) < 4.78 is 4.74. The molecule has 0 aromatic heterocycles. The van der Waals surface area contributed by atoms with Crippen molar-refractivity contribution in [3.8, 4) is 0 Å². The second kappa shape index (κ2) is 4.52. The SMILES string of the molecule is COC(=O)C(O)(C(C)C)C1CCC(C)C1. The molecule has 0 radical (unpaired) electrons. The fourth-order valence-corrected chi connectivity index (χ4v) is 2.64. The van der Waals surface area contributed by atoms with Crippen LogP contribution in [0, 0.1) is 17.8 Å². The van der Waals surface area contributed by atoms with Crippen molar-refractivity contribution < 1.29 is 14.6 Å². The summed E-state index contributed by atoms with van der Waals surface area (Å²) in [5, 5.41) is 10.5. The highest BCUT2D eigenvalue weighted by Gasteiger charge is 2.49. The molecule has 88 valence electrons. The van der Waals surface area contributed by atoms with Crippen LogP contribution in [-0.2, 0) is 9.53 Å². The average molecular weight is 214 g/mol. The van der Waals surface area contributed by atoms with Gasteiger partial charge in [-0.25, -0.2) is 4.79 Å². The van der Waals surface area contributed by atoms with E-state index >= 15 is 0 Å². The summed E-state index contributed by atoms with van der Waals surface area (Å²) >= 11 is 0. The molecule has 0 saturated heterocycles. The molecule has 0 aromatic carbocycles. The number of ether oxygens (including phenoxy) is 1. The lowest BCUT2D eigenvalue weighted by atomic mass is 9.77. The summed E-state index contributed by atoms with van der Waals surface area (Å²) in [6, 6.07) is 0.